The number of rotatable bonds is 4. The van der Waals surface area contributed by atoms with Gasteiger partial charge in [0.15, 0.2) is 5.96 Å². The number of aryl methyl sites for hydroxylation is 1. The predicted octanol–water partition coefficient (Wildman–Crippen LogP) is -1.64. The normalized spacial score (nSPS) is 36.1. The van der Waals surface area contributed by atoms with Gasteiger partial charge in [-0.25, -0.2) is 0 Å². The van der Waals surface area contributed by atoms with E-state index in [2.05, 4.69) is 27.8 Å². The van der Waals surface area contributed by atoms with Crippen molar-refractivity contribution in [1.82, 2.24) is 10.6 Å². The van der Waals surface area contributed by atoms with Crippen LogP contribution >= 0.6 is 0 Å². The quantitative estimate of drug-likeness (QED) is 0.371. The van der Waals surface area contributed by atoms with Gasteiger partial charge in [-0.15, -0.1) is 0 Å². The van der Waals surface area contributed by atoms with Gasteiger partial charge < -0.3 is 31.1 Å². The van der Waals surface area contributed by atoms with E-state index < -0.39 is 36.5 Å². The maximum atomic E-state index is 10.00. The van der Waals surface area contributed by atoms with Gasteiger partial charge in [0.25, 0.3) is 0 Å². The number of guanidine groups is 1. The second-order valence-electron chi connectivity index (χ2n) is 6.12. The first-order valence-corrected chi connectivity index (χ1v) is 7.91. The monoisotopic (exact) mass is 321 g/mol. The summed E-state index contributed by atoms with van der Waals surface area (Å²) in [5.74, 6) is 0.479. The van der Waals surface area contributed by atoms with Gasteiger partial charge in [0.2, 0.25) is 0 Å². The van der Waals surface area contributed by atoms with E-state index in [1.54, 1.807) is 0 Å². The van der Waals surface area contributed by atoms with Crippen molar-refractivity contribution >= 4 is 5.96 Å². The Bertz CT molecular complexity index is 530. The SMILES string of the molecule is OC1C(O)C(O)C2NC(=NCCCc3ccccc3)NC2C1O. The van der Waals surface area contributed by atoms with Crippen molar-refractivity contribution in [3.8, 4) is 0 Å². The summed E-state index contributed by atoms with van der Waals surface area (Å²) in [6, 6.07) is 8.99. The van der Waals surface area contributed by atoms with Crippen LogP contribution in [0.2, 0.25) is 0 Å². The Labute approximate surface area is 134 Å². The number of hydrogen-bond acceptors (Lipinski definition) is 5. The highest BCUT2D eigenvalue weighted by Crippen LogP contribution is 2.24. The molecule has 6 unspecified atom stereocenters. The molecule has 3 rings (SSSR count). The van der Waals surface area contributed by atoms with Crippen LogP contribution in [-0.2, 0) is 6.42 Å². The lowest BCUT2D eigenvalue weighted by Gasteiger charge is -2.39. The van der Waals surface area contributed by atoms with Crippen LogP contribution in [0.5, 0.6) is 0 Å². The second kappa shape index (κ2) is 6.84. The van der Waals surface area contributed by atoms with E-state index in [0.29, 0.717) is 12.5 Å². The van der Waals surface area contributed by atoms with Gasteiger partial charge in [-0.1, -0.05) is 30.3 Å². The summed E-state index contributed by atoms with van der Waals surface area (Å²) < 4.78 is 0. The third-order valence-electron chi connectivity index (χ3n) is 4.52. The van der Waals surface area contributed by atoms with Crippen molar-refractivity contribution in [3.05, 3.63) is 35.9 Å². The van der Waals surface area contributed by atoms with E-state index in [0.717, 1.165) is 12.8 Å². The van der Waals surface area contributed by atoms with E-state index in [-0.39, 0.29) is 0 Å². The Hall–Kier alpha value is -1.67. The van der Waals surface area contributed by atoms with E-state index in [4.69, 9.17) is 0 Å². The summed E-state index contributed by atoms with van der Waals surface area (Å²) in [6.07, 6.45) is -3.28. The molecule has 1 aliphatic heterocycles. The molecule has 1 saturated heterocycles. The average Bonchev–Trinajstić information content (AvgIpc) is 3.00. The molecule has 1 aromatic rings. The summed E-state index contributed by atoms with van der Waals surface area (Å²) in [6.45, 7) is 0.598. The molecule has 2 aliphatic rings. The Kier molecular flexibility index (Phi) is 4.82. The van der Waals surface area contributed by atoms with E-state index in [9.17, 15) is 20.4 Å². The smallest absolute Gasteiger partial charge is 0.192 e. The molecule has 0 radical (unpaired) electrons. The number of fused-ring (bicyclic) bond motifs is 1. The Morgan fingerprint density at radius 1 is 0.826 bits per heavy atom. The summed E-state index contributed by atoms with van der Waals surface area (Å²) in [5, 5.41) is 45.4. The number of aliphatic hydroxyl groups excluding tert-OH is 4. The average molecular weight is 321 g/mol. The molecule has 0 amide bonds. The summed E-state index contributed by atoms with van der Waals surface area (Å²) in [4.78, 5) is 4.39. The molecule has 7 nitrogen and oxygen atoms in total. The number of benzene rings is 1. The Morgan fingerprint density at radius 2 is 1.39 bits per heavy atom. The molecule has 1 aromatic carbocycles. The van der Waals surface area contributed by atoms with Gasteiger partial charge in [-0.05, 0) is 18.4 Å². The molecule has 0 bridgehead atoms. The molecule has 7 heteroatoms. The first kappa shape index (κ1) is 16.2. The van der Waals surface area contributed by atoms with Crippen LogP contribution in [0.1, 0.15) is 12.0 Å². The van der Waals surface area contributed by atoms with Gasteiger partial charge in [-0.2, -0.15) is 0 Å². The first-order valence-electron chi connectivity index (χ1n) is 7.91. The molecule has 0 spiro atoms. The van der Waals surface area contributed by atoms with Crippen LogP contribution in [0.4, 0.5) is 0 Å². The minimum atomic E-state index is -1.38. The third kappa shape index (κ3) is 3.32. The largest absolute Gasteiger partial charge is 0.388 e. The zero-order valence-electron chi connectivity index (χ0n) is 12.7. The number of hydrogen-bond donors (Lipinski definition) is 6. The molecule has 1 aliphatic carbocycles. The molecule has 1 heterocycles. The lowest BCUT2D eigenvalue weighted by molar-refractivity contribution is -0.150. The Morgan fingerprint density at radius 3 is 1.96 bits per heavy atom. The topological polar surface area (TPSA) is 117 Å². The molecule has 23 heavy (non-hydrogen) atoms. The predicted molar refractivity (Wildman–Crippen MR) is 84.9 cm³/mol. The van der Waals surface area contributed by atoms with Crippen molar-refractivity contribution in [3.63, 3.8) is 0 Å². The summed E-state index contributed by atoms with van der Waals surface area (Å²) >= 11 is 0. The van der Waals surface area contributed by atoms with Crippen LogP contribution in [-0.4, -0.2) is 69.4 Å². The number of nitrogens with zero attached hydrogens (tertiary/aromatic N) is 1. The molecule has 6 N–H and O–H groups in total. The molecular weight excluding hydrogens is 298 g/mol. The van der Waals surface area contributed by atoms with Crippen molar-refractivity contribution < 1.29 is 20.4 Å². The minimum Gasteiger partial charge on any atom is -0.388 e. The first-order chi connectivity index (χ1) is 11.1. The van der Waals surface area contributed by atoms with Gasteiger partial charge >= 0.3 is 0 Å². The van der Waals surface area contributed by atoms with Crippen LogP contribution in [0.25, 0.3) is 0 Å². The van der Waals surface area contributed by atoms with Crippen molar-refractivity contribution in [1.29, 1.82) is 0 Å². The van der Waals surface area contributed by atoms with Crippen LogP contribution in [0, 0.1) is 0 Å². The number of nitrogens with one attached hydrogen (secondary N) is 2. The van der Waals surface area contributed by atoms with Crippen LogP contribution < -0.4 is 10.6 Å². The maximum absolute atomic E-state index is 10.00. The van der Waals surface area contributed by atoms with Crippen molar-refractivity contribution in [2.24, 2.45) is 4.99 Å². The third-order valence-corrected chi connectivity index (χ3v) is 4.52. The summed E-state index contributed by atoms with van der Waals surface area (Å²) in [5.41, 5.74) is 1.26. The zero-order chi connectivity index (χ0) is 16.4. The highest BCUT2D eigenvalue weighted by molar-refractivity contribution is 5.83. The fourth-order valence-corrected chi connectivity index (χ4v) is 3.17. The molecule has 0 aromatic heterocycles. The van der Waals surface area contributed by atoms with Gasteiger partial charge in [0.05, 0.1) is 12.1 Å². The maximum Gasteiger partial charge on any atom is 0.192 e. The molecule has 6 atom stereocenters. The zero-order valence-corrected chi connectivity index (χ0v) is 12.7. The van der Waals surface area contributed by atoms with E-state index >= 15 is 0 Å². The fourth-order valence-electron chi connectivity index (χ4n) is 3.17. The molecular formula is C16H23N3O4. The van der Waals surface area contributed by atoms with Crippen LogP contribution in [0.15, 0.2) is 35.3 Å². The number of aliphatic imine (C=N–C) groups is 1. The molecule has 1 saturated carbocycles. The summed E-state index contributed by atoms with van der Waals surface area (Å²) in [7, 11) is 0. The lowest BCUT2D eigenvalue weighted by atomic mass is 9.82. The van der Waals surface area contributed by atoms with Gasteiger partial charge in [0.1, 0.15) is 24.4 Å². The highest BCUT2D eigenvalue weighted by Gasteiger charge is 2.52. The van der Waals surface area contributed by atoms with Crippen molar-refractivity contribution in [2.75, 3.05) is 6.54 Å². The lowest BCUT2D eigenvalue weighted by Crippen LogP contribution is -2.66. The fraction of sp³-hybridized carbons (Fsp3) is 0.562. The van der Waals surface area contributed by atoms with Crippen LogP contribution in [0.3, 0.4) is 0 Å². The van der Waals surface area contributed by atoms with Gasteiger partial charge in [0, 0.05) is 6.54 Å². The minimum absolute atomic E-state index is 0.479. The van der Waals surface area contributed by atoms with E-state index in [1.165, 1.54) is 5.56 Å². The van der Waals surface area contributed by atoms with Gasteiger partial charge in [-0.3, -0.25) is 4.99 Å². The van der Waals surface area contributed by atoms with E-state index in [1.807, 2.05) is 18.2 Å². The second-order valence-corrected chi connectivity index (χ2v) is 6.12. The molecule has 126 valence electrons. The molecule has 2 fully saturated rings. The Balaban J connectivity index is 1.54. The number of aliphatic hydroxyl groups is 4. The standard InChI is InChI=1S/C16H23N3O4/c20-12-10-11(13(21)15(23)14(12)22)19-16(18-10)17-8-4-7-9-5-2-1-3-6-9/h1-3,5-6,10-15,20-23H,4,7-8H2,(H2,17,18,19). The highest BCUT2D eigenvalue weighted by atomic mass is 16.4. The van der Waals surface area contributed by atoms with Crippen molar-refractivity contribution in [2.45, 2.75) is 49.3 Å².